The normalized spacial score (nSPS) is 13.5. The van der Waals surface area contributed by atoms with E-state index in [0.29, 0.717) is 23.2 Å². The van der Waals surface area contributed by atoms with Crippen LogP contribution in [0.4, 0.5) is 5.13 Å². The Bertz CT molecular complexity index is 775. The highest BCUT2D eigenvalue weighted by Gasteiger charge is 2.15. The van der Waals surface area contributed by atoms with Crippen LogP contribution in [0.3, 0.4) is 0 Å². The predicted molar refractivity (Wildman–Crippen MR) is 105 cm³/mol. The Morgan fingerprint density at radius 2 is 2.15 bits per heavy atom. The van der Waals surface area contributed by atoms with E-state index in [0.717, 1.165) is 30.5 Å². The Kier molecular flexibility index (Phi) is 6.28. The first-order chi connectivity index (χ1) is 12.7. The van der Waals surface area contributed by atoms with Crippen molar-refractivity contribution in [3.8, 4) is 11.5 Å². The molecule has 0 radical (unpaired) electrons. The lowest BCUT2D eigenvalue weighted by Gasteiger charge is -2.10. The van der Waals surface area contributed by atoms with Gasteiger partial charge in [0.05, 0.1) is 19.4 Å². The van der Waals surface area contributed by atoms with Crippen molar-refractivity contribution in [2.45, 2.75) is 39.0 Å². The van der Waals surface area contributed by atoms with Crippen LogP contribution in [0, 0.1) is 0 Å². The Morgan fingerprint density at radius 3 is 2.92 bits per heavy atom. The van der Waals surface area contributed by atoms with E-state index in [-0.39, 0.29) is 5.91 Å². The van der Waals surface area contributed by atoms with Crippen LogP contribution in [0.15, 0.2) is 24.3 Å². The van der Waals surface area contributed by atoms with Gasteiger partial charge in [-0.2, -0.15) is 0 Å². The fraction of sp³-hybridized carbons (Fsp3) is 0.400. The van der Waals surface area contributed by atoms with Crippen LogP contribution in [-0.4, -0.2) is 24.6 Å². The Labute approximate surface area is 158 Å². The lowest BCUT2D eigenvalue weighted by molar-refractivity contribution is -0.111. The van der Waals surface area contributed by atoms with E-state index in [9.17, 15) is 4.79 Å². The molecule has 1 amide bonds. The third-order valence-corrected chi connectivity index (χ3v) is 5.23. The van der Waals surface area contributed by atoms with Gasteiger partial charge in [0.25, 0.3) is 0 Å². The zero-order valence-corrected chi connectivity index (χ0v) is 16.0. The van der Waals surface area contributed by atoms with Crippen LogP contribution in [0.5, 0.6) is 11.5 Å². The SMILES string of the molecule is CCCOc1ccc(/C=C/C(=O)Nc2nc3c(s2)CCCC3)cc1OC. The molecule has 6 heteroatoms. The molecule has 3 rings (SSSR count). The number of carbonyl (C=O) groups excluding carboxylic acids is 1. The number of methoxy groups -OCH3 is 1. The molecule has 0 spiro atoms. The van der Waals surface area contributed by atoms with Crippen LogP contribution in [0.25, 0.3) is 6.08 Å². The van der Waals surface area contributed by atoms with Crippen LogP contribution < -0.4 is 14.8 Å². The molecule has 1 aromatic carbocycles. The second kappa shape index (κ2) is 8.85. The predicted octanol–water partition coefficient (Wildman–Crippen LogP) is 4.47. The van der Waals surface area contributed by atoms with Crippen LogP contribution >= 0.6 is 11.3 Å². The third-order valence-electron chi connectivity index (χ3n) is 4.15. The quantitative estimate of drug-likeness (QED) is 0.729. The number of hydrogen-bond donors (Lipinski definition) is 1. The zero-order valence-electron chi connectivity index (χ0n) is 15.2. The second-order valence-corrected chi connectivity index (χ2v) is 7.26. The highest BCUT2D eigenvalue weighted by Crippen LogP contribution is 2.30. The molecule has 0 atom stereocenters. The molecule has 1 aliphatic carbocycles. The number of aryl methyl sites for hydroxylation is 2. The van der Waals surface area contributed by atoms with Crippen molar-refractivity contribution < 1.29 is 14.3 Å². The van der Waals surface area contributed by atoms with Crippen LogP contribution in [0.1, 0.15) is 42.3 Å². The maximum Gasteiger partial charge on any atom is 0.250 e. The number of ether oxygens (including phenoxy) is 2. The summed E-state index contributed by atoms with van der Waals surface area (Å²) in [6.45, 7) is 2.70. The largest absolute Gasteiger partial charge is 0.493 e. The minimum atomic E-state index is -0.179. The van der Waals surface area contributed by atoms with Gasteiger partial charge in [0, 0.05) is 11.0 Å². The number of thiazole rings is 1. The van der Waals surface area contributed by atoms with Crippen LogP contribution in [-0.2, 0) is 17.6 Å². The number of rotatable bonds is 7. The lowest BCUT2D eigenvalue weighted by Crippen LogP contribution is -2.07. The van der Waals surface area contributed by atoms with Crippen molar-refractivity contribution in [3.63, 3.8) is 0 Å². The van der Waals surface area contributed by atoms with Crippen molar-refractivity contribution in [2.75, 3.05) is 19.0 Å². The van der Waals surface area contributed by atoms with Gasteiger partial charge >= 0.3 is 0 Å². The minimum absolute atomic E-state index is 0.179. The number of carbonyl (C=O) groups is 1. The molecule has 138 valence electrons. The second-order valence-electron chi connectivity index (χ2n) is 6.18. The topological polar surface area (TPSA) is 60.5 Å². The van der Waals surface area contributed by atoms with E-state index in [4.69, 9.17) is 9.47 Å². The Morgan fingerprint density at radius 1 is 1.31 bits per heavy atom. The van der Waals surface area contributed by atoms with Crippen molar-refractivity contribution in [1.82, 2.24) is 4.98 Å². The molecule has 0 aliphatic heterocycles. The smallest absolute Gasteiger partial charge is 0.250 e. The fourth-order valence-corrected chi connectivity index (χ4v) is 3.90. The molecule has 2 aromatic rings. The molecule has 0 saturated carbocycles. The Hall–Kier alpha value is -2.34. The van der Waals surface area contributed by atoms with E-state index in [1.165, 1.54) is 23.8 Å². The van der Waals surface area contributed by atoms with Gasteiger partial charge in [0.2, 0.25) is 5.91 Å². The van der Waals surface area contributed by atoms with Gasteiger partial charge in [-0.15, -0.1) is 11.3 Å². The van der Waals surface area contributed by atoms with Gasteiger partial charge in [-0.1, -0.05) is 13.0 Å². The molecule has 1 heterocycles. The lowest BCUT2D eigenvalue weighted by atomic mass is 10.0. The summed E-state index contributed by atoms with van der Waals surface area (Å²) in [5.74, 6) is 1.19. The number of nitrogens with zero attached hydrogens (tertiary/aromatic N) is 1. The third kappa shape index (κ3) is 4.64. The summed E-state index contributed by atoms with van der Waals surface area (Å²) < 4.78 is 11.0. The summed E-state index contributed by atoms with van der Waals surface area (Å²) in [7, 11) is 1.61. The van der Waals surface area contributed by atoms with Gasteiger partial charge in [0.1, 0.15) is 0 Å². The molecule has 0 bridgehead atoms. The summed E-state index contributed by atoms with van der Waals surface area (Å²) in [5, 5.41) is 3.55. The van der Waals surface area contributed by atoms with Gasteiger partial charge in [0.15, 0.2) is 16.6 Å². The van der Waals surface area contributed by atoms with Crippen molar-refractivity contribution in [2.24, 2.45) is 0 Å². The van der Waals surface area contributed by atoms with Gasteiger partial charge in [-0.3, -0.25) is 10.1 Å². The molecule has 1 aromatic heterocycles. The molecular weight excluding hydrogens is 348 g/mol. The maximum atomic E-state index is 12.2. The van der Waals surface area contributed by atoms with E-state index >= 15 is 0 Å². The summed E-state index contributed by atoms with van der Waals surface area (Å²) in [6.07, 6.45) is 8.70. The van der Waals surface area contributed by atoms with Gasteiger partial charge in [-0.05, 0) is 55.9 Å². The Balaban J connectivity index is 1.63. The molecular formula is C20H24N2O3S. The van der Waals surface area contributed by atoms with E-state index in [2.05, 4.69) is 17.2 Å². The first-order valence-electron chi connectivity index (χ1n) is 8.98. The summed E-state index contributed by atoms with van der Waals surface area (Å²) in [4.78, 5) is 18.0. The molecule has 0 saturated heterocycles. The molecule has 1 N–H and O–H groups in total. The molecule has 5 nitrogen and oxygen atoms in total. The number of anilines is 1. The molecule has 26 heavy (non-hydrogen) atoms. The number of nitrogens with one attached hydrogen (secondary N) is 1. The standard InChI is InChI=1S/C20H24N2O3S/c1-3-12-25-16-10-8-14(13-17(16)24-2)9-11-19(23)22-20-21-15-6-4-5-7-18(15)26-20/h8-11,13H,3-7,12H2,1-2H3,(H,21,22,23)/b11-9+. The first-order valence-corrected chi connectivity index (χ1v) is 9.79. The first kappa shape index (κ1) is 18.5. The average molecular weight is 372 g/mol. The summed E-state index contributed by atoms with van der Waals surface area (Å²) in [6, 6.07) is 5.62. The average Bonchev–Trinajstić information content (AvgIpc) is 3.07. The monoisotopic (exact) mass is 372 g/mol. The van der Waals surface area contributed by atoms with E-state index < -0.39 is 0 Å². The van der Waals surface area contributed by atoms with Gasteiger partial charge < -0.3 is 9.47 Å². The minimum Gasteiger partial charge on any atom is -0.493 e. The number of hydrogen-bond acceptors (Lipinski definition) is 5. The van der Waals surface area contributed by atoms with Crippen molar-refractivity contribution in [1.29, 1.82) is 0 Å². The van der Waals surface area contributed by atoms with E-state index in [1.807, 2.05) is 18.2 Å². The highest BCUT2D eigenvalue weighted by atomic mass is 32.1. The van der Waals surface area contributed by atoms with Crippen molar-refractivity contribution >= 4 is 28.5 Å². The molecule has 1 aliphatic rings. The van der Waals surface area contributed by atoms with Gasteiger partial charge in [-0.25, -0.2) is 4.98 Å². The highest BCUT2D eigenvalue weighted by molar-refractivity contribution is 7.15. The number of benzene rings is 1. The molecule has 0 fully saturated rings. The molecule has 0 unspecified atom stereocenters. The summed E-state index contributed by atoms with van der Waals surface area (Å²) in [5.41, 5.74) is 2.02. The fourth-order valence-electron chi connectivity index (χ4n) is 2.84. The number of amides is 1. The summed E-state index contributed by atoms with van der Waals surface area (Å²) >= 11 is 1.59. The van der Waals surface area contributed by atoms with Crippen LogP contribution in [0.2, 0.25) is 0 Å². The zero-order chi connectivity index (χ0) is 18.4. The van der Waals surface area contributed by atoms with E-state index in [1.54, 1.807) is 24.5 Å². The van der Waals surface area contributed by atoms with Crippen molar-refractivity contribution in [3.05, 3.63) is 40.4 Å². The maximum absolute atomic E-state index is 12.2. The number of fused-ring (bicyclic) bond motifs is 1. The number of aromatic nitrogens is 1.